The number of ketones is 1. The van der Waals surface area contributed by atoms with E-state index in [1.165, 1.54) is 64.1 Å². The first-order valence-electron chi connectivity index (χ1n) is 24.8. The van der Waals surface area contributed by atoms with Crippen molar-refractivity contribution in [3.05, 3.63) is 119 Å². The van der Waals surface area contributed by atoms with Crippen LogP contribution in [0.3, 0.4) is 0 Å². The minimum atomic E-state index is -2.58. The van der Waals surface area contributed by atoms with Crippen LogP contribution in [0.2, 0.25) is 0 Å². The van der Waals surface area contributed by atoms with Crippen molar-refractivity contribution in [2.45, 2.75) is 121 Å². The van der Waals surface area contributed by atoms with Crippen LogP contribution in [0.5, 0.6) is 0 Å². The number of Topliss-reactive ketones (excluding diaryl/α,β-unsaturated/α-hetero) is 1. The number of ether oxygens (including phenoxy) is 9. The maximum Gasteiger partial charge on any atom is 0.511 e. The van der Waals surface area contributed by atoms with E-state index in [2.05, 4.69) is 5.32 Å². The molecule has 3 fully saturated rings. The fourth-order valence-corrected chi connectivity index (χ4v) is 11.1. The zero-order chi connectivity index (χ0) is 56.0. The number of hydrogen-bond donors (Lipinski definition) is 4. The lowest BCUT2D eigenvalue weighted by molar-refractivity contribution is -0.346. The number of rotatable bonds is 18. The molecule has 2 bridgehead atoms. The Morgan fingerprint density at radius 3 is 1.94 bits per heavy atom. The Kier molecular flexibility index (Phi) is 17.4. The first-order valence-corrected chi connectivity index (χ1v) is 24.8. The molecule has 1 saturated heterocycles. The first-order chi connectivity index (χ1) is 36.5. The van der Waals surface area contributed by atoms with Gasteiger partial charge in [0.2, 0.25) is 6.79 Å². The lowest BCUT2D eigenvalue weighted by Crippen LogP contribution is -2.82. The summed E-state index contributed by atoms with van der Waals surface area (Å²) >= 11 is 0. The van der Waals surface area contributed by atoms with E-state index < -0.39 is 170 Å². The average Bonchev–Trinajstić information content (AvgIpc) is 3.51. The van der Waals surface area contributed by atoms with Crippen molar-refractivity contribution in [2.75, 3.05) is 26.6 Å². The van der Waals surface area contributed by atoms with Gasteiger partial charge in [-0.05, 0) is 54.8 Å². The number of aliphatic hydroxyl groups excluding tert-OH is 2. The smallest absolute Gasteiger partial charge is 0.463 e. The van der Waals surface area contributed by atoms with Crippen molar-refractivity contribution in [1.82, 2.24) is 5.32 Å². The molecule has 3 aliphatic carbocycles. The van der Waals surface area contributed by atoms with E-state index in [1.54, 1.807) is 54.6 Å². The number of fused-ring (bicyclic) bond motifs is 5. The minimum absolute atomic E-state index is 0.0353. The monoisotopic (exact) mass is 1070 g/mol. The second kappa shape index (κ2) is 23.4. The highest BCUT2D eigenvalue weighted by atomic mass is 16.8. The van der Waals surface area contributed by atoms with E-state index >= 15 is 4.79 Å². The van der Waals surface area contributed by atoms with Crippen LogP contribution in [0.15, 0.2) is 102 Å². The Bertz CT molecular complexity index is 2770. The van der Waals surface area contributed by atoms with Crippen molar-refractivity contribution >= 4 is 53.7 Å². The van der Waals surface area contributed by atoms with Crippen molar-refractivity contribution in [2.24, 2.45) is 16.7 Å². The zero-order valence-corrected chi connectivity index (χ0v) is 43.1. The van der Waals surface area contributed by atoms with Gasteiger partial charge < -0.3 is 63.3 Å². The van der Waals surface area contributed by atoms with Gasteiger partial charge in [-0.3, -0.25) is 28.8 Å². The highest BCUT2D eigenvalue weighted by Gasteiger charge is 2.79. The molecule has 2 unspecified atom stereocenters. The van der Waals surface area contributed by atoms with Crippen molar-refractivity contribution in [3.63, 3.8) is 0 Å². The van der Waals surface area contributed by atoms with Gasteiger partial charge in [-0.15, -0.1) is 0 Å². The van der Waals surface area contributed by atoms with E-state index in [4.69, 9.17) is 47.7 Å². The summed E-state index contributed by atoms with van der Waals surface area (Å²) in [5.74, 6) is -9.55. The van der Waals surface area contributed by atoms with E-state index in [-0.39, 0.29) is 28.9 Å². The summed E-state index contributed by atoms with van der Waals surface area (Å²) in [6.07, 6.45) is -14.4. The predicted octanol–water partition coefficient (Wildman–Crippen LogP) is 3.71. The molecule has 22 nitrogen and oxygen atoms in total. The van der Waals surface area contributed by atoms with Crippen molar-refractivity contribution in [3.8, 4) is 0 Å². The molecule has 1 amide bonds. The quantitative estimate of drug-likeness (QED) is 0.0611. The second-order valence-electron chi connectivity index (χ2n) is 19.9. The fourth-order valence-electron chi connectivity index (χ4n) is 11.1. The molecule has 0 radical (unpaired) electrons. The molecule has 1 heterocycles. The number of nitrogens with one attached hydrogen (secondary N) is 1. The number of carbonyl (C=O) groups excluding carboxylic acids is 9. The molecule has 77 heavy (non-hydrogen) atoms. The highest BCUT2D eigenvalue weighted by Crippen LogP contribution is 2.65. The molecule has 11 atom stereocenters. The fraction of sp³-hybridized carbons (Fsp3) is 0.473. The first kappa shape index (κ1) is 57.2. The van der Waals surface area contributed by atoms with Gasteiger partial charge in [-0.2, -0.15) is 0 Å². The van der Waals surface area contributed by atoms with Gasteiger partial charge in [-0.1, -0.05) is 80.6 Å². The number of hydrogen-bond acceptors (Lipinski definition) is 21. The van der Waals surface area contributed by atoms with E-state index in [1.807, 2.05) is 0 Å². The highest BCUT2D eigenvalue weighted by molar-refractivity contribution is 5.96. The van der Waals surface area contributed by atoms with Crippen molar-refractivity contribution < 1.29 is 101 Å². The summed E-state index contributed by atoms with van der Waals surface area (Å²) in [5, 5.41) is 37.5. The van der Waals surface area contributed by atoms with E-state index in [0.29, 0.717) is 5.56 Å². The molecule has 4 aliphatic rings. The van der Waals surface area contributed by atoms with Gasteiger partial charge in [0.05, 0.1) is 49.0 Å². The van der Waals surface area contributed by atoms with Gasteiger partial charge >= 0.3 is 42.0 Å². The zero-order valence-electron chi connectivity index (χ0n) is 43.1. The molecule has 0 aromatic heterocycles. The summed E-state index contributed by atoms with van der Waals surface area (Å²) in [6, 6.07) is 22.2. The number of amides is 1. The van der Waals surface area contributed by atoms with Crippen LogP contribution < -0.4 is 5.32 Å². The Labute approximate surface area is 442 Å². The topological polar surface area (TPSA) is 309 Å². The summed E-state index contributed by atoms with van der Waals surface area (Å²) in [5.41, 5.74) is -8.35. The number of carbonyl (C=O) groups is 9. The molecule has 1 aliphatic heterocycles. The molecule has 4 N–H and O–H groups in total. The van der Waals surface area contributed by atoms with Crippen LogP contribution >= 0.6 is 0 Å². The Hall–Kier alpha value is -7.53. The maximum atomic E-state index is 16.2. The van der Waals surface area contributed by atoms with E-state index in [9.17, 15) is 48.6 Å². The summed E-state index contributed by atoms with van der Waals surface area (Å²) in [4.78, 5) is 124. The molecule has 22 heteroatoms. The lowest BCUT2D eigenvalue weighted by atomic mass is 9.44. The predicted molar refractivity (Wildman–Crippen MR) is 261 cm³/mol. The van der Waals surface area contributed by atoms with Crippen LogP contribution in [-0.4, -0.2) is 143 Å². The van der Waals surface area contributed by atoms with Crippen LogP contribution in [0.1, 0.15) is 99.5 Å². The average molecular weight is 1070 g/mol. The Morgan fingerprint density at radius 2 is 1.36 bits per heavy atom. The minimum Gasteiger partial charge on any atom is -0.463 e. The molecular weight excluding hydrogens is 1010 g/mol. The third-order valence-electron chi connectivity index (χ3n) is 15.0. The summed E-state index contributed by atoms with van der Waals surface area (Å²) < 4.78 is 51.4. The second-order valence-corrected chi connectivity index (χ2v) is 19.9. The van der Waals surface area contributed by atoms with Crippen LogP contribution in [0.4, 0.5) is 4.79 Å². The molecule has 3 aromatic rings. The van der Waals surface area contributed by atoms with Gasteiger partial charge in [0.1, 0.15) is 36.6 Å². The molecule has 2 saturated carbocycles. The van der Waals surface area contributed by atoms with Crippen molar-refractivity contribution in [1.29, 1.82) is 0 Å². The van der Waals surface area contributed by atoms with E-state index in [0.717, 1.165) is 13.8 Å². The summed E-state index contributed by atoms with van der Waals surface area (Å²) in [6.45, 7) is 5.56. The van der Waals surface area contributed by atoms with Gasteiger partial charge in [-0.25, -0.2) is 14.4 Å². The number of aliphatic hydroxyl groups is 3. The Morgan fingerprint density at radius 1 is 0.766 bits per heavy atom. The number of esters is 6. The lowest BCUT2D eigenvalue weighted by Gasteiger charge is -2.67. The molecule has 3 aromatic carbocycles. The number of benzene rings is 3. The Balaban J connectivity index is 1.34. The third kappa shape index (κ3) is 11.5. The SMILES string of the molecule is CC(=O)O[C@H]1C(=O)[C@@]2(C)C(C(OC(=O)c3ccccc3)[C@]3(O)C[C@H](OC(=O)[C@H](O)[C@@H](NC(=O)c4ccccc4)c4ccccc4)C(C)=C1C3(C)C)[C@]1(OC(C)=O)CO[C@@H]1C[C@@H]2OC(=O)OCOC(=O)CCC(=O)OCCO. The molecule has 0 spiro atoms. The van der Waals surface area contributed by atoms with Gasteiger partial charge in [0.25, 0.3) is 5.91 Å². The standard InChI is InChI=1S/C55H61NO21/c1-30-36(74-50(66)43(62)42(33-16-10-7-11-17-33)56-48(64)34-18-12-8-13-19-34)27-55(68)47(76-49(65)35-20-14-9-15-21-35)45-53(6,46(63)44(73-31(2)58)41(30)52(55,4)5)37(26-38-54(45,28-70-38)77-32(3)59)75-51(67)72-29-71-40(61)23-22-39(60)69-25-24-57/h7-21,36-38,42-45,47,57,62,68H,22-29H2,1-6H3,(H,56,64)/t36-,37-,38+,42-,43+,44+,45?,47?,53+,54-,55+/m0/s1. The van der Waals surface area contributed by atoms with Gasteiger partial charge in [0.15, 0.2) is 23.6 Å². The van der Waals surface area contributed by atoms with Crippen LogP contribution in [-0.2, 0) is 71.4 Å². The largest absolute Gasteiger partial charge is 0.511 e. The third-order valence-corrected chi connectivity index (χ3v) is 15.0. The molecular formula is C55H61NO21. The van der Waals surface area contributed by atoms with Crippen LogP contribution in [0.25, 0.3) is 0 Å². The van der Waals surface area contributed by atoms with Crippen LogP contribution in [0, 0.1) is 16.7 Å². The summed E-state index contributed by atoms with van der Waals surface area (Å²) in [7, 11) is 0. The van der Waals surface area contributed by atoms with Gasteiger partial charge in [0, 0.05) is 37.7 Å². The molecule has 7 rings (SSSR count). The molecule has 412 valence electrons. The normalized spacial score (nSPS) is 27.6. The maximum absolute atomic E-state index is 16.2.